The number of rotatable bonds is 3. The lowest BCUT2D eigenvalue weighted by Gasteiger charge is -2.14. The quantitative estimate of drug-likeness (QED) is 0.826. The van der Waals surface area contributed by atoms with Gasteiger partial charge in [-0.3, -0.25) is 4.72 Å². The molecule has 0 aliphatic carbocycles. The van der Waals surface area contributed by atoms with E-state index in [0.29, 0.717) is 22.0 Å². The molecular formula is C14H14Cl2N2O2S. The van der Waals surface area contributed by atoms with E-state index in [-0.39, 0.29) is 9.92 Å². The van der Waals surface area contributed by atoms with Gasteiger partial charge in [0.15, 0.2) is 0 Å². The monoisotopic (exact) mass is 344 g/mol. The van der Waals surface area contributed by atoms with E-state index in [1.54, 1.807) is 32.0 Å². The third-order valence-corrected chi connectivity index (χ3v) is 5.03. The van der Waals surface area contributed by atoms with Crippen LogP contribution in [-0.4, -0.2) is 8.42 Å². The van der Waals surface area contributed by atoms with Crippen molar-refractivity contribution < 1.29 is 8.42 Å². The molecule has 0 fully saturated rings. The number of aryl methyl sites for hydroxylation is 1. The fourth-order valence-corrected chi connectivity index (χ4v) is 3.84. The molecule has 0 saturated heterocycles. The van der Waals surface area contributed by atoms with Crippen LogP contribution in [0, 0.1) is 13.8 Å². The first-order valence-corrected chi connectivity index (χ1v) is 8.29. The highest BCUT2D eigenvalue weighted by Crippen LogP contribution is 2.29. The van der Waals surface area contributed by atoms with Gasteiger partial charge in [0.25, 0.3) is 10.0 Å². The SMILES string of the molecule is Cc1cc(Cl)ccc1NS(=O)(=O)c1cc(Cl)cc(N)c1C. The van der Waals surface area contributed by atoms with Crippen molar-refractivity contribution >= 4 is 44.6 Å². The molecule has 0 heterocycles. The first-order chi connectivity index (χ1) is 9.70. The molecule has 7 heteroatoms. The highest BCUT2D eigenvalue weighted by atomic mass is 35.5. The van der Waals surface area contributed by atoms with E-state index >= 15 is 0 Å². The van der Waals surface area contributed by atoms with Crippen LogP contribution in [0.4, 0.5) is 11.4 Å². The molecule has 21 heavy (non-hydrogen) atoms. The Balaban J connectivity index is 2.48. The van der Waals surface area contributed by atoms with Crippen molar-refractivity contribution in [1.82, 2.24) is 0 Å². The predicted octanol–water partition coefficient (Wildman–Crippen LogP) is 3.99. The molecule has 3 N–H and O–H groups in total. The number of nitrogens with two attached hydrogens (primary N) is 1. The van der Waals surface area contributed by atoms with E-state index in [1.165, 1.54) is 12.1 Å². The second-order valence-corrected chi connectivity index (χ2v) is 7.21. The van der Waals surface area contributed by atoms with Gasteiger partial charge < -0.3 is 5.73 Å². The standard InChI is InChI=1S/C14H14Cl2N2O2S/c1-8-5-10(15)3-4-13(8)18-21(19,20)14-7-11(16)6-12(17)9(14)2/h3-7,18H,17H2,1-2H3. The number of benzene rings is 2. The molecule has 0 radical (unpaired) electrons. The van der Waals surface area contributed by atoms with Crippen molar-refractivity contribution in [2.24, 2.45) is 0 Å². The minimum Gasteiger partial charge on any atom is -0.398 e. The fourth-order valence-electron chi connectivity index (χ4n) is 1.89. The Labute approximate surface area is 133 Å². The van der Waals surface area contributed by atoms with E-state index < -0.39 is 10.0 Å². The van der Waals surface area contributed by atoms with Crippen molar-refractivity contribution in [2.75, 3.05) is 10.5 Å². The van der Waals surface area contributed by atoms with Gasteiger partial charge in [-0.15, -0.1) is 0 Å². The van der Waals surface area contributed by atoms with Crippen LogP contribution < -0.4 is 10.5 Å². The minimum absolute atomic E-state index is 0.0573. The summed E-state index contributed by atoms with van der Waals surface area (Å²) in [6, 6.07) is 7.80. The zero-order chi connectivity index (χ0) is 15.8. The second-order valence-electron chi connectivity index (χ2n) is 4.68. The van der Waals surface area contributed by atoms with Crippen molar-refractivity contribution in [1.29, 1.82) is 0 Å². The minimum atomic E-state index is -3.78. The lowest BCUT2D eigenvalue weighted by molar-refractivity contribution is 0.600. The Kier molecular flexibility index (Phi) is 4.37. The highest BCUT2D eigenvalue weighted by Gasteiger charge is 2.20. The summed E-state index contributed by atoms with van der Waals surface area (Å²) in [5.41, 5.74) is 7.73. The number of nitrogens with one attached hydrogen (secondary N) is 1. The van der Waals surface area contributed by atoms with Gasteiger partial charge in [0.2, 0.25) is 0 Å². The Morgan fingerprint density at radius 3 is 2.33 bits per heavy atom. The molecular weight excluding hydrogens is 331 g/mol. The van der Waals surface area contributed by atoms with Gasteiger partial charge in [0.1, 0.15) is 0 Å². The molecule has 0 bridgehead atoms. The summed E-state index contributed by atoms with van der Waals surface area (Å²) < 4.78 is 27.5. The topological polar surface area (TPSA) is 72.2 Å². The van der Waals surface area contributed by atoms with E-state index in [2.05, 4.69) is 4.72 Å². The third-order valence-electron chi connectivity index (χ3n) is 3.09. The Bertz CT molecular complexity index is 805. The molecule has 2 rings (SSSR count). The molecule has 2 aromatic rings. The van der Waals surface area contributed by atoms with Crippen LogP contribution in [0.5, 0.6) is 0 Å². The molecule has 4 nitrogen and oxygen atoms in total. The lowest BCUT2D eigenvalue weighted by atomic mass is 10.2. The average molecular weight is 345 g/mol. The molecule has 0 aromatic heterocycles. The molecule has 0 spiro atoms. The zero-order valence-electron chi connectivity index (χ0n) is 11.4. The van der Waals surface area contributed by atoms with Gasteiger partial charge in [-0.25, -0.2) is 8.42 Å². The third kappa shape index (κ3) is 3.43. The fraction of sp³-hybridized carbons (Fsp3) is 0.143. The number of nitrogen functional groups attached to an aromatic ring is 1. The molecule has 0 amide bonds. The summed E-state index contributed by atoms with van der Waals surface area (Å²) in [7, 11) is -3.78. The van der Waals surface area contributed by atoms with Gasteiger partial charge in [0, 0.05) is 15.7 Å². The largest absolute Gasteiger partial charge is 0.398 e. The summed E-state index contributed by atoms with van der Waals surface area (Å²) in [6.45, 7) is 3.40. The van der Waals surface area contributed by atoms with E-state index in [9.17, 15) is 8.42 Å². The van der Waals surface area contributed by atoms with Crippen molar-refractivity contribution in [3.8, 4) is 0 Å². The molecule has 0 unspecified atom stereocenters. The zero-order valence-corrected chi connectivity index (χ0v) is 13.8. The number of hydrogen-bond donors (Lipinski definition) is 2. The van der Waals surface area contributed by atoms with E-state index in [0.717, 1.165) is 5.56 Å². The van der Waals surface area contributed by atoms with Crippen LogP contribution in [0.25, 0.3) is 0 Å². The lowest BCUT2D eigenvalue weighted by Crippen LogP contribution is -2.15. The van der Waals surface area contributed by atoms with Crippen LogP contribution in [0.1, 0.15) is 11.1 Å². The van der Waals surface area contributed by atoms with Gasteiger partial charge in [-0.1, -0.05) is 23.2 Å². The second kappa shape index (κ2) is 5.75. The number of sulfonamides is 1. The maximum atomic E-state index is 12.5. The Morgan fingerprint density at radius 2 is 1.71 bits per heavy atom. The molecule has 0 aliphatic rings. The Hall–Kier alpha value is -1.43. The Morgan fingerprint density at radius 1 is 1.05 bits per heavy atom. The molecule has 0 aliphatic heterocycles. The molecule has 112 valence electrons. The van der Waals surface area contributed by atoms with E-state index in [1.807, 2.05) is 0 Å². The summed E-state index contributed by atoms with van der Waals surface area (Å²) in [5, 5.41) is 0.810. The van der Waals surface area contributed by atoms with Gasteiger partial charge in [0.05, 0.1) is 10.6 Å². The predicted molar refractivity (Wildman–Crippen MR) is 87.6 cm³/mol. The number of halogens is 2. The van der Waals surface area contributed by atoms with Crippen molar-refractivity contribution in [3.63, 3.8) is 0 Å². The molecule has 2 aromatic carbocycles. The highest BCUT2D eigenvalue weighted by molar-refractivity contribution is 7.92. The number of hydrogen-bond acceptors (Lipinski definition) is 3. The van der Waals surface area contributed by atoms with Gasteiger partial charge in [-0.05, 0) is 55.3 Å². The van der Waals surface area contributed by atoms with Gasteiger partial charge in [-0.2, -0.15) is 0 Å². The summed E-state index contributed by atoms with van der Waals surface area (Å²) in [5.74, 6) is 0. The first kappa shape index (κ1) is 15.9. The van der Waals surface area contributed by atoms with Crippen molar-refractivity contribution in [3.05, 3.63) is 51.5 Å². The first-order valence-electron chi connectivity index (χ1n) is 6.05. The summed E-state index contributed by atoms with van der Waals surface area (Å²) in [4.78, 5) is 0.0573. The van der Waals surface area contributed by atoms with Crippen molar-refractivity contribution in [2.45, 2.75) is 18.7 Å². The van der Waals surface area contributed by atoms with Crippen LogP contribution in [0.2, 0.25) is 10.0 Å². The van der Waals surface area contributed by atoms with Gasteiger partial charge >= 0.3 is 0 Å². The number of anilines is 2. The normalized spacial score (nSPS) is 11.4. The summed E-state index contributed by atoms with van der Waals surface area (Å²) in [6.07, 6.45) is 0. The average Bonchev–Trinajstić information content (AvgIpc) is 2.37. The van der Waals surface area contributed by atoms with E-state index in [4.69, 9.17) is 28.9 Å². The maximum absolute atomic E-state index is 12.5. The molecule has 0 atom stereocenters. The van der Waals surface area contributed by atoms with Crippen LogP contribution in [-0.2, 0) is 10.0 Å². The maximum Gasteiger partial charge on any atom is 0.262 e. The van der Waals surface area contributed by atoms with Crippen LogP contribution >= 0.6 is 23.2 Å². The smallest absolute Gasteiger partial charge is 0.262 e. The van der Waals surface area contributed by atoms with Crippen LogP contribution in [0.3, 0.4) is 0 Å². The summed E-state index contributed by atoms with van der Waals surface area (Å²) >= 11 is 11.8. The van der Waals surface area contributed by atoms with Crippen LogP contribution in [0.15, 0.2) is 35.2 Å². The molecule has 0 saturated carbocycles.